The first kappa shape index (κ1) is 14.3. The van der Waals surface area contributed by atoms with Crippen molar-refractivity contribution in [2.24, 2.45) is 5.92 Å². The molecule has 0 bridgehead atoms. The summed E-state index contributed by atoms with van der Waals surface area (Å²) < 4.78 is 1.54. The third-order valence-corrected chi connectivity index (χ3v) is 5.22. The molecule has 118 valence electrons. The van der Waals surface area contributed by atoms with Gasteiger partial charge in [-0.3, -0.25) is 4.79 Å². The number of carbonyl (C=O) groups is 1. The normalized spacial score (nSPS) is 21.8. The Labute approximate surface area is 136 Å². The fourth-order valence-electron chi connectivity index (χ4n) is 2.99. The third kappa shape index (κ3) is 2.62. The van der Waals surface area contributed by atoms with Crippen LogP contribution in [0.4, 0.5) is 0 Å². The molecule has 3 heterocycles. The molecule has 0 radical (unpaired) electrons. The van der Waals surface area contributed by atoms with Crippen molar-refractivity contribution in [3.05, 3.63) is 52.6 Å². The average Bonchev–Trinajstić information content (AvgIpc) is 3.18. The summed E-state index contributed by atoms with van der Waals surface area (Å²) in [6.07, 6.45) is 4.35. The van der Waals surface area contributed by atoms with Gasteiger partial charge in [0, 0.05) is 11.1 Å². The number of rotatable bonds is 4. The number of hydrogen-bond donors (Lipinski definition) is 2. The highest BCUT2D eigenvalue weighted by molar-refractivity contribution is 7.10. The zero-order chi connectivity index (χ0) is 15.8. The Kier molecular flexibility index (Phi) is 3.59. The minimum atomic E-state index is -0.253. The Bertz CT molecular complexity index is 824. The van der Waals surface area contributed by atoms with Crippen LogP contribution < -0.4 is 5.32 Å². The van der Waals surface area contributed by atoms with Crippen LogP contribution in [0.5, 0.6) is 0 Å². The van der Waals surface area contributed by atoms with Crippen LogP contribution >= 0.6 is 11.3 Å². The van der Waals surface area contributed by atoms with Gasteiger partial charge in [0.05, 0.1) is 18.3 Å². The van der Waals surface area contributed by atoms with Gasteiger partial charge in [-0.15, -0.1) is 11.3 Å². The molecule has 7 heteroatoms. The molecule has 1 aliphatic carbocycles. The van der Waals surface area contributed by atoms with Crippen LogP contribution in [0.15, 0.2) is 42.0 Å². The quantitative estimate of drug-likeness (QED) is 0.768. The Balaban J connectivity index is 1.60. The summed E-state index contributed by atoms with van der Waals surface area (Å²) in [5.41, 5.74) is 1.06. The predicted molar refractivity (Wildman–Crippen MR) is 86.2 cm³/mol. The van der Waals surface area contributed by atoms with Crippen molar-refractivity contribution in [3.8, 4) is 0 Å². The molecular weight excluding hydrogens is 312 g/mol. The molecule has 0 aliphatic heterocycles. The highest BCUT2D eigenvalue weighted by Crippen LogP contribution is 2.39. The van der Waals surface area contributed by atoms with Crippen LogP contribution in [0, 0.1) is 5.92 Å². The fourth-order valence-corrected chi connectivity index (χ4v) is 3.86. The maximum absolute atomic E-state index is 12.7. The smallest absolute Gasteiger partial charge is 0.272 e. The lowest BCUT2D eigenvalue weighted by molar-refractivity contribution is 0.0240. The van der Waals surface area contributed by atoms with Gasteiger partial charge in [0.25, 0.3) is 5.91 Å². The number of nitrogens with zero attached hydrogens (tertiary/aromatic N) is 3. The summed E-state index contributed by atoms with van der Waals surface area (Å²) in [4.78, 5) is 18.0. The minimum Gasteiger partial charge on any atom is -0.393 e. The zero-order valence-electron chi connectivity index (χ0n) is 12.3. The van der Waals surface area contributed by atoms with Gasteiger partial charge < -0.3 is 10.4 Å². The number of aliphatic hydroxyl groups is 1. The monoisotopic (exact) mass is 328 g/mol. The number of thiophene rings is 1. The summed E-state index contributed by atoms with van der Waals surface area (Å²) in [6, 6.07) is 7.51. The molecule has 6 nitrogen and oxygen atoms in total. The van der Waals surface area contributed by atoms with Gasteiger partial charge in [-0.25, -0.2) is 9.50 Å². The van der Waals surface area contributed by atoms with E-state index in [-0.39, 0.29) is 24.0 Å². The molecular formula is C16H16N4O2S. The number of fused-ring (bicyclic) bond motifs is 1. The first-order chi connectivity index (χ1) is 11.2. The summed E-state index contributed by atoms with van der Waals surface area (Å²) in [5.74, 6) is 0.0655. The largest absolute Gasteiger partial charge is 0.393 e. The van der Waals surface area contributed by atoms with Crippen LogP contribution in [0.3, 0.4) is 0 Å². The number of carbonyl (C=O) groups excluding carboxylic acids is 1. The van der Waals surface area contributed by atoms with E-state index in [1.165, 1.54) is 4.52 Å². The molecule has 1 fully saturated rings. The fraction of sp³-hybridized carbons (Fsp3) is 0.312. The summed E-state index contributed by atoms with van der Waals surface area (Å²) in [7, 11) is 0. The SMILES string of the molecule is O=C(NC(c1cccs1)C1CC(O)C1)c1cnc2cccnn12. The predicted octanol–water partition coefficient (Wildman–Crippen LogP) is 2.03. The average molecular weight is 328 g/mol. The molecule has 1 saturated carbocycles. The van der Waals surface area contributed by atoms with E-state index in [0.717, 1.165) is 4.88 Å². The molecule has 3 aromatic heterocycles. The Hall–Kier alpha value is -2.25. The Morgan fingerprint density at radius 2 is 2.26 bits per heavy atom. The van der Waals surface area contributed by atoms with Gasteiger partial charge in [0.2, 0.25) is 0 Å². The Morgan fingerprint density at radius 1 is 1.39 bits per heavy atom. The van der Waals surface area contributed by atoms with E-state index in [1.807, 2.05) is 23.6 Å². The molecule has 2 N–H and O–H groups in total. The van der Waals surface area contributed by atoms with E-state index in [1.54, 1.807) is 29.8 Å². The molecule has 1 aliphatic rings. The van der Waals surface area contributed by atoms with E-state index in [4.69, 9.17) is 0 Å². The standard InChI is InChI=1S/C16H16N4O2S/c21-11-7-10(8-11)15(13-3-2-6-23-13)19-16(22)12-9-17-14-4-1-5-18-20(12)14/h1-6,9-11,15,21H,7-8H2,(H,19,22). The number of amides is 1. The van der Waals surface area contributed by atoms with Gasteiger partial charge in [-0.2, -0.15) is 5.10 Å². The summed E-state index contributed by atoms with van der Waals surface area (Å²) >= 11 is 1.62. The summed E-state index contributed by atoms with van der Waals surface area (Å²) in [6.45, 7) is 0. The molecule has 4 rings (SSSR count). The van der Waals surface area contributed by atoms with Crippen molar-refractivity contribution < 1.29 is 9.90 Å². The van der Waals surface area contributed by atoms with Crippen LogP contribution in [-0.2, 0) is 0 Å². The van der Waals surface area contributed by atoms with E-state index >= 15 is 0 Å². The molecule has 3 aromatic rings. The number of aromatic nitrogens is 3. The second-order valence-electron chi connectivity index (χ2n) is 5.79. The van der Waals surface area contributed by atoms with Crippen molar-refractivity contribution in [1.82, 2.24) is 19.9 Å². The number of nitrogens with one attached hydrogen (secondary N) is 1. The second-order valence-corrected chi connectivity index (χ2v) is 6.77. The number of hydrogen-bond acceptors (Lipinski definition) is 5. The number of imidazole rings is 1. The lowest BCUT2D eigenvalue weighted by atomic mass is 9.76. The van der Waals surface area contributed by atoms with Crippen molar-refractivity contribution in [2.45, 2.75) is 25.0 Å². The van der Waals surface area contributed by atoms with Crippen LogP contribution in [0.25, 0.3) is 5.65 Å². The molecule has 1 amide bonds. The van der Waals surface area contributed by atoms with Crippen molar-refractivity contribution in [3.63, 3.8) is 0 Å². The van der Waals surface area contributed by atoms with Gasteiger partial charge in [0.1, 0.15) is 5.69 Å². The van der Waals surface area contributed by atoms with E-state index in [2.05, 4.69) is 15.4 Å². The van der Waals surface area contributed by atoms with E-state index in [9.17, 15) is 9.90 Å². The van der Waals surface area contributed by atoms with Gasteiger partial charge in [0.15, 0.2) is 5.65 Å². The second kappa shape index (κ2) is 5.75. The molecule has 1 atom stereocenters. The maximum atomic E-state index is 12.7. The third-order valence-electron chi connectivity index (χ3n) is 4.27. The van der Waals surface area contributed by atoms with Crippen molar-refractivity contribution in [1.29, 1.82) is 0 Å². The lowest BCUT2D eigenvalue weighted by Gasteiger charge is -2.37. The van der Waals surface area contributed by atoms with Gasteiger partial charge >= 0.3 is 0 Å². The molecule has 1 unspecified atom stereocenters. The molecule has 0 saturated heterocycles. The van der Waals surface area contributed by atoms with E-state index in [0.29, 0.717) is 24.2 Å². The van der Waals surface area contributed by atoms with Crippen LogP contribution in [-0.4, -0.2) is 31.7 Å². The maximum Gasteiger partial charge on any atom is 0.272 e. The first-order valence-electron chi connectivity index (χ1n) is 7.53. The topological polar surface area (TPSA) is 79.5 Å². The van der Waals surface area contributed by atoms with Gasteiger partial charge in [-0.05, 0) is 42.3 Å². The first-order valence-corrected chi connectivity index (χ1v) is 8.41. The van der Waals surface area contributed by atoms with Crippen LogP contribution in [0.2, 0.25) is 0 Å². The lowest BCUT2D eigenvalue weighted by Crippen LogP contribution is -2.41. The van der Waals surface area contributed by atoms with Crippen molar-refractivity contribution >= 4 is 22.9 Å². The highest BCUT2D eigenvalue weighted by atomic mass is 32.1. The van der Waals surface area contributed by atoms with Crippen molar-refractivity contribution in [2.75, 3.05) is 0 Å². The minimum absolute atomic E-state index is 0.0832. The molecule has 0 spiro atoms. The van der Waals surface area contributed by atoms with Gasteiger partial charge in [-0.1, -0.05) is 6.07 Å². The molecule has 0 aromatic carbocycles. The Morgan fingerprint density at radius 3 is 3.00 bits per heavy atom. The number of aliphatic hydroxyl groups excluding tert-OH is 1. The van der Waals surface area contributed by atoms with Crippen LogP contribution in [0.1, 0.15) is 34.2 Å². The highest BCUT2D eigenvalue weighted by Gasteiger charge is 2.36. The molecule has 23 heavy (non-hydrogen) atoms. The zero-order valence-corrected chi connectivity index (χ0v) is 13.1. The summed E-state index contributed by atoms with van der Waals surface area (Å²) in [5, 5.41) is 18.9. The van der Waals surface area contributed by atoms with E-state index < -0.39 is 0 Å².